The van der Waals surface area contributed by atoms with E-state index in [-0.39, 0.29) is 0 Å². The minimum atomic E-state index is 0.705. The van der Waals surface area contributed by atoms with Crippen LogP contribution >= 0.6 is 0 Å². The lowest BCUT2D eigenvalue weighted by atomic mass is 9.91. The summed E-state index contributed by atoms with van der Waals surface area (Å²) in [7, 11) is 2.04. The first-order chi connectivity index (χ1) is 6.33. The van der Waals surface area contributed by atoms with Gasteiger partial charge in [-0.2, -0.15) is 0 Å². The van der Waals surface area contributed by atoms with E-state index in [2.05, 4.69) is 23.3 Å². The number of rotatable bonds is 1. The van der Waals surface area contributed by atoms with Gasteiger partial charge in [0, 0.05) is 19.2 Å². The van der Waals surface area contributed by atoms with Crippen molar-refractivity contribution in [2.45, 2.75) is 18.8 Å². The minimum Gasteiger partial charge on any atom is -0.340 e. The zero-order valence-corrected chi connectivity index (χ0v) is 7.85. The van der Waals surface area contributed by atoms with Crippen molar-refractivity contribution in [1.82, 2.24) is 9.55 Å². The van der Waals surface area contributed by atoms with Gasteiger partial charge in [-0.15, -0.1) is 0 Å². The highest BCUT2D eigenvalue weighted by atomic mass is 15.0. The largest absolute Gasteiger partial charge is 0.340 e. The first-order valence-corrected chi connectivity index (χ1v) is 4.99. The van der Waals surface area contributed by atoms with Gasteiger partial charge in [0.25, 0.3) is 0 Å². The summed E-state index contributed by atoms with van der Waals surface area (Å²) in [6.07, 6.45) is 11.5. The van der Waals surface area contributed by atoms with Crippen LogP contribution in [0.5, 0.6) is 0 Å². The smallest absolute Gasteiger partial charge is 0.0946 e. The maximum Gasteiger partial charge on any atom is 0.0946 e. The van der Waals surface area contributed by atoms with E-state index in [0.29, 0.717) is 5.92 Å². The fraction of sp³-hybridized carbons (Fsp3) is 0.545. The molecule has 0 radical (unpaired) electrons. The molecule has 2 nitrogen and oxygen atoms in total. The molecule has 1 aromatic heterocycles. The second-order valence-electron chi connectivity index (χ2n) is 4.35. The quantitative estimate of drug-likeness (QED) is 0.596. The Labute approximate surface area is 78.3 Å². The molecule has 1 heterocycles. The summed E-state index contributed by atoms with van der Waals surface area (Å²) in [4.78, 5) is 4.45. The van der Waals surface area contributed by atoms with Crippen molar-refractivity contribution >= 4 is 0 Å². The summed E-state index contributed by atoms with van der Waals surface area (Å²) >= 11 is 0. The molecule has 3 unspecified atom stereocenters. The molecule has 0 aromatic carbocycles. The summed E-state index contributed by atoms with van der Waals surface area (Å²) in [5, 5.41) is 0. The van der Waals surface area contributed by atoms with E-state index in [1.54, 1.807) is 0 Å². The van der Waals surface area contributed by atoms with Gasteiger partial charge in [-0.1, -0.05) is 12.2 Å². The standard InChI is InChI=1S/C11H14N2/c1-13-6-11(12-7-13)10-5-8-2-3-9(10)4-8/h2-3,6-10H,4-5H2,1H3. The molecule has 1 aromatic rings. The van der Waals surface area contributed by atoms with Crippen LogP contribution in [0.4, 0.5) is 0 Å². The van der Waals surface area contributed by atoms with E-state index >= 15 is 0 Å². The molecule has 0 saturated heterocycles. The molecule has 2 aliphatic rings. The van der Waals surface area contributed by atoms with Crippen molar-refractivity contribution in [3.8, 4) is 0 Å². The van der Waals surface area contributed by atoms with Gasteiger partial charge in [0.15, 0.2) is 0 Å². The lowest BCUT2D eigenvalue weighted by Crippen LogP contribution is -2.05. The van der Waals surface area contributed by atoms with Gasteiger partial charge in [0.1, 0.15) is 0 Å². The van der Waals surface area contributed by atoms with Gasteiger partial charge < -0.3 is 4.57 Å². The Morgan fingerprint density at radius 1 is 1.38 bits per heavy atom. The van der Waals surface area contributed by atoms with E-state index in [1.165, 1.54) is 18.5 Å². The topological polar surface area (TPSA) is 17.8 Å². The third-order valence-corrected chi connectivity index (χ3v) is 3.38. The molecule has 3 atom stereocenters. The van der Waals surface area contributed by atoms with Crippen LogP contribution in [0.25, 0.3) is 0 Å². The molecular formula is C11H14N2. The van der Waals surface area contributed by atoms with E-state index in [9.17, 15) is 0 Å². The summed E-state index contributed by atoms with van der Waals surface area (Å²) in [5.41, 5.74) is 1.29. The van der Waals surface area contributed by atoms with Crippen LogP contribution in [0, 0.1) is 11.8 Å². The number of hydrogen-bond donors (Lipinski definition) is 0. The van der Waals surface area contributed by atoms with E-state index in [4.69, 9.17) is 0 Å². The van der Waals surface area contributed by atoms with Gasteiger partial charge in [-0.3, -0.25) is 0 Å². The number of allylic oxidation sites excluding steroid dienone is 2. The first-order valence-electron chi connectivity index (χ1n) is 4.99. The van der Waals surface area contributed by atoms with Crippen molar-refractivity contribution in [2.75, 3.05) is 0 Å². The van der Waals surface area contributed by atoms with Gasteiger partial charge in [-0.25, -0.2) is 4.98 Å². The number of imidazole rings is 1. The highest BCUT2D eigenvalue weighted by Crippen LogP contribution is 2.48. The number of aromatic nitrogens is 2. The van der Waals surface area contributed by atoms with Crippen molar-refractivity contribution < 1.29 is 0 Å². The molecule has 3 rings (SSSR count). The summed E-state index contributed by atoms with van der Waals surface area (Å²) < 4.78 is 2.05. The monoisotopic (exact) mass is 174 g/mol. The Morgan fingerprint density at radius 3 is 2.85 bits per heavy atom. The van der Waals surface area contributed by atoms with Crippen LogP contribution in [0.15, 0.2) is 24.7 Å². The zero-order chi connectivity index (χ0) is 8.84. The van der Waals surface area contributed by atoms with Crippen molar-refractivity contribution in [2.24, 2.45) is 18.9 Å². The lowest BCUT2D eigenvalue weighted by Gasteiger charge is -2.14. The second-order valence-corrected chi connectivity index (χ2v) is 4.35. The Hall–Kier alpha value is -1.05. The molecular weight excluding hydrogens is 160 g/mol. The summed E-state index contributed by atoms with van der Waals surface area (Å²) in [6, 6.07) is 0. The molecule has 0 N–H and O–H groups in total. The Kier molecular flexibility index (Phi) is 1.40. The molecule has 68 valence electrons. The molecule has 2 heteroatoms. The first kappa shape index (κ1) is 7.36. The fourth-order valence-corrected chi connectivity index (χ4v) is 2.75. The number of nitrogens with zero attached hydrogens (tertiary/aromatic N) is 2. The molecule has 2 bridgehead atoms. The summed E-state index contributed by atoms with van der Waals surface area (Å²) in [5.74, 6) is 2.33. The zero-order valence-electron chi connectivity index (χ0n) is 7.85. The maximum atomic E-state index is 4.45. The van der Waals surface area contributed by atoms with Crippen LogP contribution in [0.2, 0.25) is 0 Å². The molecule has 2 aliphatic carbocycles. The van der Waals surface area contributed by atoms with Crippen LogP contribution < -0.4 is 0 Å². The average Bonchev–Trinajstić information content (AvgIpc) is 2.77. The predicted molar refractivity (Wildman–Crippen MR) is 51.3 cm³/mol. The maximum absolute atomic E-state index is 4.45. The van der Waals surface area contributed by atoms with Crippen molar-refractivity contribution in [3.05, 3.63) is 30.4 Å². The van der Waals surface area contributed by atoms with Crippen LogP contribution in [0.1, 0.15) is 24.5 Å². The molecule has 0 spiro atoms. The molecule has 0 amide bonds. The molecule has 1 saturated carbocycles. The van der Waals surface area contributed by atoms with E-state index in [1.807, 2.05) is 17.9 Å². The Bertz CT molecular complexity index is 351. The minimum absolute atomic E-state index is 0.705. The van der Waals surface area contributed by atoms with Gasteiger partial charge in [0.2, 0.25) is 0 Å². The van der Waals surface area contributed by atoms with E-state index in [0.717, 1.165) is 11.8 Å². The highest BCUT2D eigenvalue weighted by molar-refractivity contribution is 5.20. The Balaban J connectivity index is 1.91. The average molecular weight is 174 g/mol. The van der Waals surface area contributed by atoms with Crippen LogP contribution in [-0.4, -0.2) is 9.55 Å². The van der Waals surface area contributed by atoms with Gasteiger partial charge in [-0.05, 0) is 24.7 Å². The fourth-order valence-electron chi connectivity index (χ4n) is 2.75. The van der Waals surface area contributed by atoms with Crippen LogP contribution in [0.3, 0.4) is 0 Å². The normalized spacial score (nSPS) is 35.9. The van der Waals surface area contributed by atoms with Crippen molar-refractivity contribution in [1.29, 1.82) is 0 Å². The number of hydrogen-bond acceptors (Lipinski definition) is 1. The second kappa shape index (κ2) is 2.47. The van der Waals surface area contributed by atoms with Gasteiger partial charge in [0.05, 0.1) is 12.0 Å². The lowest BCUT2D eigenvalue weighted by molar-refractivity contribution is 0.572. The predicted octanol–water partition coefficient (Wildman–Crippen LogP) is 2.10. The molecule has 0 aliphatic heterocycles. The van der Waals surface area contributed by atoms with Gasteiger partial charge >= 0.3 is 0 Å². The number of fused-ring (bicyclic) bond motifs is 2. The molecule has 1 fully saturated rings. The van der Waals surface area contributed by atoms with Crippen LogP contribution in [-0.2, 0) is 7.05 Å². The molecule has 13 heavy (non-hydrogen) atoms. The third kappa shape index (κ3) is 1.05. The SMILES string of the molecule is Cn1cnc(C2CC3C=CC2C3)c1. The summed E-state index contributed by atoms with van der Waals surface area (Å²) in [6.45, 7) is 0. The third-order valence-electron chi connectivity index (χ3n) is 3.38. The Morgan fingerprint density at radius 2 is 2.31 bits per heavy atom. The highest BCUT2D eigenvalue weighted by Gasteiger charge is 2.37. The number of aryl methyl sites for hydroxylation is 1. The van der Waals surface area contributed by atoms with Crippen molar-refractivity contribution in [3.63, 3.8) is 0 Å². The van der Waals surface area contributed by atoms with E-state index < -0.39 is 0 Å².